The Kier molecular flexibility index (Phi) is 4.72. The zero-order chi connectivity index (χ0) is 15.2. The highest BCUT2D eigenvalue weighted by Crippen LogP contribution is 2.08. The predicted molar refractivity (Wildman–Crippen MR) is 81.8 cm³/mol. The summed E-state index contributed by atoms with van der Waals surface area (Å²) in [6.07, 6.45) is 0.385. The lowest BCUT2D eigenvalue weighted by atomic mass is 10.0. The molecule has 4 heteroatoms. The van der Waals surface area contributed by atoms with Crippen molar-refractivity contribution in [2.45, 2.75) is 19.4 Å². The van der Waals surface area contributed by atoms with Crippen molar-refractivity contribution in [2.75, 3.05) is 0 Å². The Morgan fingerprint density at radius 3 is 2.43 bits per heavy atom. The second-order valence-electron chi connectivity index (χ2n) is 4.99. The van der Waals surface area contributed by atoms with Crippen LogP contribution in [0.2, 0.25) is 0 Å². The zero-order valence-electron chi connectivity index (χ0n) is 11.9. The van der Waals surface area contributed by atoms with E-state index in [0.717, 1.165) is 11.1 Å². The first-order valence-electron chi connectivity index (χ1n) is 6.77. The minimum Gasteiger partial charge on any atom is -0.368 e. The molecule has 0 aliphatic carbocycles. The van der Waals surface area contributed by atoms with Gasteiger partial charge in [0.05, 0.1) is 0 Å². The summed E-state index contributed by atoms with van der Waals surface area (Å²) < 4.78 is 0. The standard InChI is InChI=1S/C17H18N2O2/c1-12-6-5-7-13(10-12)11-15(16(18)20)19-17(21)14-8-3-2-4-9-14/h2-10,15H,11H2,1H3,(H2,18,20)(H,19,21)/t15-/m0/s1. The quantitative estimate of drug-likeness (QED) is 0.878. The Labute approximate surface area is 124 Å². The Hall–Kier alpha value is -2.62. The average molecular weight is 282 g/mol. The molecular formula is C17H18N2O2. The molecule has 0 spiro atoms. The molecule has 0 saturated carbocycles. The van der Waals surface area contributed by atoms with Crippen molar-refractivity contribution in [3.8, 4) is 0 Å². The van der Waals surface area contributed by atoms with Gasteiger partial charge in [-0.05, 0) is 24.6 Å². The van der Waals surface area contributed by atoms with E-state index in [4.69, 9.17) is 5.73 Å². The molecule has 2 rings (SSSR count). The van der Waals surface area contributed by atoms with E-state index >= 15 is 0 Å². The summed E-state index contributed by atoms with van der Waals surface area (Å²) in [4.78, 5) is 23.7. The van der Waals surface area contributed by atoms with Crippen LogP contribution < -0.4 is 11.1 Å². The molecule has 2 amide bonds. The lowest BCUT2D eigenvalue weighted by Crippen LogP contribution is -2.45. The number of hydrogen-bond donors (Lipinski definition) is 2. The molecule has 3 N–H and O–H groups in total. The van der Waals surface area contributed by atoms with E-state index < -0.39 is 11.9 Å². The number of hydrogen-bond acceptors (Lipinski definition) is 2. The van der Waals surface area contributed by atoms with Crippen LogP contribution in [-0.2, 0) is 11.2 Å². The average Bonchev–Trinajstić information content (AvgIpc) is 2.47. The Balaban J connectivity index is 2.09. The van der Waals surface area contributed by atoms with E-state index in [0.29, 0.717) is 12.0 Å². The number of carbonyl (C=O) groups excluding carboxylic acids is 2. The molecule has 0 aromatic heterocycles. The summed E-state index contributed by atoms with van der Waals surface area (Å²) in [6.45, 7) is 1.98. The highest BCUT2D eigenvalue weighted by Gasteiger charge is 2.19. The van der Waals surface area contributed by atoms with Crippen LogP contribution in [0, 0.1) is 6.92 Å². The predicted octanol–water partition coefficient (Wildman–Crippen LogP) is 1.82. The van der Waals surface area contributed by atoms with Gasteiger partial charge in [-0.15, -0.1) is 0 Å². The third-order valence-electron chi connectivity index (χ3n) is 3.21. The number of amides is 2. The van der Waals surface area contributed by atoms with Gasteiger partial charge in [0.15, 0.2) is 0 Å². The molecule has 2 aromatic carbocycles. The fraction of sp³-hybridized carbons (Fsp3) is 0.176. The van der Waals surface area contributed by atoms with Crippen molar-refractivity contribution in [1.82, 2.24) is 5.32 Å². The maximum Gasteiger partial charge on any atom is 0.251 e. The molecule has 0 fully saturated rings. The number of benzene rings is 2. The number of carbonyl (C=O) groups is 2. The van der Waals surface area contributed by atoms with Gasteiger partial charge in [-0.3, -0.25) is 9.59 Å². The highest BCUT2D eigenvalue weighted by atomic mass is 16.2. The maximum absolute atomic E-state index is 12.1. The summed E-state index contributed by atoms with van der Waals surface area (Å²) >= 11 is 0. The smallest absolute Gasteiger partial charge is 0.251 e. The lowest BCUT2D eigenvalue weighted by Gasteiger charge is -2.16. The molecule has 108 valence electrons. The number of primary amides is 1. The summed E-state index contributed by atoms with van der Waals surface area (Å²) in [5, 5.41) is 2.69. The van der Waals surface area contributed by atoms with Gasteiger partial charge in [-0.25, -0.2) is 0 Å². The maximum atomic E-state index is 12.1. The summed E-state index contributed by atoms with van der Waals surface area (Å²) in [5.74, 6) is -0.840. The van der Waals surface area contributed by atoms with Crippen molar-refractivity contribution in [3.63, 3.8) is 0 Å². The van der Waals surface area contributed by atoms with Crippen molar-refractivity contribution in [3.05, 3.63) is 71.3 Å². The van der Waals surface area contributed by atoms with Crippen molar-refractivity contribution < 1.29 is 9.59 Å². The SMILES string of the molecule is Cc1cccc(C[C@H](NC(=O)c2ccccc2)C(N)=O)c1. The molecule has 0 aliphatic rings. The van der Waals surface area contributed by atoms with Crippen LogP contribution >= 0.6 is 0 Å². The van der Waals surface area contributed by atoms with Crippen LogP contribution in [0.25, 0.3) is 0 Å². The van der Waals surface area contributed by atoms with E-state index in [1.807, 2.05) is 37.3 Å². The number of nitrogens with two attached hydrogens (primary N) is 1. The van der Waals surface area contributed by atoms with Gasteiger partial charge in [-0.1, -0.05) is 48.0 Å². The molecule has 0 unspecified atom stereocenters. The first-order valence-corrected chi connectivity index (χ1v) is 6.77. The van der Waals surface area contributed by atoms with E-state index in [1.54, 1.807) is 24.3 Å². The second-order valence-corrected chi connectivity index (χ2v) is 4.99. The van der Waals surface area contributed by atoms with E-state index in [1.165, 1.54) is 0 Å². The van der Waals surface area contributed by atoms with Gasteiger partial charge in [0, 0.05) is 12.0 Å². The largest absolute Gasteiger partial charge is 0.368 e. The van der Waals surface area contributed by atoms with E-state index in [2.05, 4.69) is 5.32 Å². The Morgan fingerprint density at radius 1 is 1.10 bits per heavy atom. The van der Waals surface area contributed by atoms with Gasteiger partial charge in [0.25, 0.3) is 5.91 Å². The Bertz CT molecular complexity index is 638. The molecule has 2 aromatic rings. The summed E-state index contributed by atoms with van der Waals surface area (Å²) in [6, 6.07) is 15.8. The molecule has 0 aliphatic heterocycles. The molecule has 0 heterocycles. The van der Waals surface area contributed by atoms with E-state index in [-0.39, 0.29) is 5.91 Å². The van der Waals surface area contributed by atoms with Crippen molar-refractivity contribution in [2.24, 2.45) is 5.73 Å². The topological polar surface area (TPSA) is 72.2 Å². The highest BCUT2D eigenvalue weighted by molar-refractivity contribution is 5.97. The minimum atomic E-state index is -0.723. The summed E-state index contributed by atoms with van der Waals surface area (Å²) in [7, 11) is 0. The Morgan fingerprint density at radius 2 is 1.81 bits per heavy atom. The van der Waals surface area contributed by atoms with Crippen molar-refractivity contribution in [1.29, 1.82) is 0 Å². The van der Waals surface area contributed by atoms with Crippen LogP contribution in [0.1, 0.15) is 21.5 Å². The minimum absolute atomic E-state index is 0.299. The van der Waals surface area contributed by atoms with E-state index in [9.17, 15) is 9.59 Å². The number of rotatable bonds is 5. The summed E-state index contributed by atoms with van der Waals surface area (Å²) in [5.41, 5.74) is 7.97. The van der Waals surface area contributed by atoms with Crippen molar-refractivity contribution >= 4 is 11.8 Å². The van der Waals surface area contributed by atoms with Gasteiger partial charge in [0.1, 0.15) is 6.04 Å². The van der Waals surface area contributed by atoms with Crippen LogP contribution in [0.4, 0.5) is 0 Å². The number of aryl methyl sites for hydroxylation is 1. The second kappa shape index (κ2) is 6.70. The molecule has 4 nitrogen and oxygen atoms in total. The van der Waals surface area contributed by atoms with Crippen LogP contribution in [-0.4, -0.2) is 17.9 Å². The molecule has 1 atom stereocenters. The monoisotopic (exact) mass is 282 g/mol. The van der Waals surface area contributed by atoms with Gasteiger partial charge in [-0.2, -0.15) is 0 Å². The molecule has 0 bridgehead atoms. The molecule has 21 heavy (non-hydrogen) atoms. The van der Waals surface area contributed by atoms with Crippen LogP contribution in [0.15, 0.2) is 54.6 Å². The van der Waals surface area contributed by atoms with Gasteiger partial charge in [0.2, 0.25) is 5.91 Å². The fourth-order valence-corrected chi connectivity index (χ4v) is 2.13. The molecule has 0 radical (unpaired) electrons. The third kappa shape index (κ3) is 4.18. The lowest BCUT2D eigenvalue weighted by molar-refractivity contribution is -0.119. The zero-order valence-corrected chi connectivity index (χ0v) is 11.9. The fourth-order valence-electron chi connectivity index (χ4n) is 2.13. The first kappa shape index (κ1) is 14.8. The first-order chi connectivity index (χ1) is 10.1. The number of nitrogens with one attached hydrogen (secondary N) is 1. The normalized spacial score (nSPS) is 11.7. The molecular weight excluding hydrogens is 264 g/mol. The third-order valence-corrected chi connectivity index (χ3v) is 3.21. The van der Waals surface area contributed by atoms with Crippen LogP contribution in [0.3, 0.4) is 0 Å². The van der Waals surface area contributed by atoms with Gasteiger partial charge < -0.3 is 11.1 Å². The molecule has 0 saturated heterocycles. The van der Waals surface area contributed by atoms with Gasteiger partial charge >= 0.3 is 0 Å². The van der Waals surface area contributed by atoms with Crippen LogP contribution in [0.5, 0.6) is 0 Å².